The molecule has 2 saturated heterocycles. The highest BCUT2D eigenvalue weighted by atomic mass is 16.5. The zero-order valence-electron chi connectivity index (χ0n) is 19.1. The molecule has 2 aromatic carbocycles. The van der Waals surface area contributed by atoms with Gasteiger partial charge < -0.3 is 14.4 Å². The zero-order chi connectivity index (χ0) is 22.0. The van der Waals surface area contributed by atoms with Crippen LogP contribution in [0.2, 0.25) is 0 Å². The van der Waals surface area contributed by atoms with Crippen molar-refractivity contribution >= 4 is 5.91 Å². The second kappa shape index (κ2) is 9.41. The Bertz CT molecular complexity index is 893. The van der Waals surface area contributed by atoms with Crippen LogP contribution in [0.3, 0.4) is 0 Å². The minimum atomic E-state index is 0.148. The lowest BCUT2D eigenvalue weighted by atomic mass is 9.94. The normalized spacial score (nSPS) is 23.0. The molecular formula is C26H34N2O3. The summed E-state index contributed by atoms with van der Waals surface area (Å²) in [7, 11) is 1.67. The molecule has 2 heterocycles. The van der Waals surface area contributed by atoms with Gasteiger partial charge in [0.2, 0.25) is 0 Å². The van der Waals surface area contributed by atoms with Crippen molar-refractivity contribution in [2.45, 2.75) is 51.9 Å². The second-order valence-electron chi connectivity index (χ2n) is 8.94. The molecule has 0 unspecified atom stereocenters. The Labute approximate surface area is 185 Å². The summed E-state index contributed by atoms with van der Waals surface area (Å²) < 4.78 is 11.2. The lowest BCUT2D eigenvalue weighted by Crippen LogP contribution is -2.53. The van der Waals surface area contributed by atoms with Crippen LogP contribution in [-0.2, 0) is 4.74 Å². The summed E-state index contributed by atoms with van der Waals surface area (Å²) >= 11 is 0. The molecule has 2 atom stereocenters. The molecule has 2 aromatic rings. The van der Waals surface area contributed by atoms with Crippen molar-refractivity contribution in [3.05, 3.63) is 53.6 Å². The molecule has 0 N–H and O–H groups in total. The van der Waals surface area contributed by atoms with Crippen LogP contribution in [0.4, 0.5) is 0 Å². The highest BCUT2D eigenvalue weighted by Gasteiger charge is 2.32. The van der Waals surface area contributed by atoms with Crippen LogP contribution in [0.5, 0.6) is 5.75 Å². The van der Waals surface area contributed by atoms with Crippen LogP contribution in [0, 0.1) is 6.92 Å². The Morgan fingerprint density at radius 2 is 1.65 bits per heavy atom. The van der Waals surface area contributed by atoms with E-state index in [1.807, 2.05) is 41.3 Å². The Kier molecular flexibility index (Phi) is 6.63. The average Bonchev–Trinajstić information content (AvgIpc) is 2.78. The van der Waals surface area contributed by atoms with Gasteiger partial charge in [-0.1, -0.05) is 24.3 Å². The van der Waals surface area contributed by atoms with E-state index in [1.165, 1.54) is 0 Å². The molecule has 166 valence electrons. The SMILES string of the molecule is COc1ccc(-c2cccc(C(=O)N3CCC(N4C[C@@H](C)O[C@@H](C)C4)CC3)c2C)cc1. The number of morpholine rings is 1. The monoisotopic (exact) mass is 422 g/mol. The fourth-order valence-corrected chi connectivity index (χ4v) is 5.07. The number of carbonyl (C=O) groups is 1. The number of carbonyl (C=O) groups excluding carboxylic acids is 1. The first kappa shape index (κ1) is 21.8. The van der Waals surface area contributed by atoms with E-state index in [0.29, 0.717) is 6.04 Å². The molecule has 0 aliphatic carbocycles. The van der Waals surface area contributed by atoms with Crippen LogP contribution < -0.4 is 4.74 Å². The maximum atomic E-state index is 13.4. The molecule has 2 aliphatic heterocycles. The van der Waals surface area contributed by atoms with Crippen LogP contribution in [-0.4, -0.2) is 67.2 Å². The van der Waals surface area contributed by atoms with Crippen molar-refractivity contribution in [1.82, 2.24) is 9.80 Å². The highest BCUT2D eigenvalue weighted by molar-refractivity contribution is 5.97. The smallest absolute Gasteiger partial charge is 0.254 e. The van der Waals surface area contributed by atoms with Crippen molar-refractivity contribution in [3.8, 4) is 16.9 Å². The van der Waals surface area contributed by atoms with E-state index < -0.39 is 0 Å². The maximum absolute atomic E-state index is 13.4. The van der Waals surface area contributed by atoms with Crippen LogP contribution in [0.1, 0.15) is 42.6 Å². The summed E-state index contributed by atoms with van der Waals surface area (Å²) in [5.41, 5.74) is 4.04. The van der Waals surface area contributed by atoms with Gasteiger partial charge in [-0.15, -0.1) is 0 Å². The van der Waals surface area contributed by atoms with Crippen LogP contribution in [0.25, 0.3) is 11.1 Å². The van der Waals surface area contributed by atoms with Gasteiger partial charge in [0.25, 0.3) is 5.91 Å². The second-order valence-corrected chi connectivity index (χ2v) is 8.94. The Morgan fingerprint density at radius 1 is 1.00 bits per heavy atom. The summed E-state index contributed by atoms with van der Waals surface area (Å²) in [4.78, 5) is 18.0. The molecule has 0 aromatic heterocycles. The summed E-state index contributed by atoms with van der Waals surface area (Å²) in [6.07, 6.45) is 2.63. The molecule has 0 saturated carbocycles. The fourth-order valence-electron chi connectivity index (χ4n) is 5.07. The topological polar surface area (TPSA) is 42.0 Å². The maximum Gasteiger partial charge on any atom is 0.254 e. The molecule has 4 rings (SSSR count). The van der Waals surface area contributed by atoms with Crippen molar-refractivity contribution in [2.75, 3.05) is 33.3 Å². The molecule has 1 amide bonds. The predicted octanol–water partition coefficient (Wildman–Crippen LogP) is 4.38. The number of piperidine rings is 1. The van der Waals surface area contributed by atoms with Crippen molar-refractivity contribution in [1.29, 1.82) is 0 Å². The van der Waals surface area contributed by atoms with Crippen molar-refractivity contribution in [2.24, 2.45) is 0 Å². The number of amides is 1. The number of benzene rings is 2. The minimum absolute atomic E-state index is 0.148. The number of ether oxygens (including phenoxy) is 2. The first-order valence-corrected chi connectivity index (χ1v) is 11.4. The Balaban J connectivity index is 1.44. The van der Waals surface area contributed by atoms with E-state index in [0.717, 1.165) is 67.0 Å². The van der Waals surface area contributed by atoms with Gasteiger partial charge in [-0.25, -0.2) is 0 Å². The minimum Gasteiger partial charge on any atom is -0.497 e. The summed E-state index contributed by atoms with van der Waals surface area (Å²) in [5, 5.41) is 0. The van der Waals surface area contributed by atoms with E-state index in [2.05, 4.69) is 31.7 Å². The predicted molar refractivity (Wildman–Crippen MR) is 124 cm³/mol. The number of hydrogen-bond acceptors (Lipinski definition) is 4. The van der Waals surface area contributed by atoms with Gasteiger partial charge in [-0.2, -0.15) is 0 Å². The van der Waals surface area contributed by atoms with Crippen LogP contribution >= 0.6 is 0 Å². The first-order chi connectivity index (χ1) is 15.0. The van der Waals surface area contributed by atoms with E-state index in [-0.39, 0.29) is 18.1 Å². The van der Waals surface area contributed by atoms with Gasteiger partial charge in [0.1, 0.15) is 5.75 Å². The molecule has 5 heteroatoms. The van der Waals surface area contributed by atoms with Gasteiger partial charge in [-0.05, 0) is 68.5 Å². The highest BCUT2D eigenvalue weighted by Crippen LogP contribution is 2.29. The standard InChI is InChI=1S/C26H34N2O3/c1-18-16-28(17-19(2)31-18)22-12-14-27(15-13-22)26(29)25-7-5-6-24(20(25)3)21-8-10-23(30-4)11-9-21/h5-11,18-19,22H,12-17H2,1-4H3/t18-,19+. The molecule has 31 heavy (non-hydrogen) atoms. The molecule has 0 radical (unpaired) electrons. The first-order valence-electron chi connectivity index (χ1n) is 11.4. The molecular weight excluding hydrogens is 388 g/mol. The van der Waals surface area contributed by atoms with Crippen molar-refractivity contribution < 1.29 is 14.3 Å². The quantitative estimate of drug-likeness (QED) is 0.733. The number of methoxy groups -OCH3 is 1. The molecule has 2 fully saturated rings. The van der Waals surface area contributed by atoms with Gasteiger partial charge >= 0.3 is 0 Å². The van der Waals surface area contributed by atoms with Crippen molar-refractivity contribution in [3.63, 3.8) is 0 Å². The summed E-state index contributed by atoms with van der Waals surface area (Å²) in [6, 6.07) is 14.6. The lowest BCUT2D eigenvalue weighted by Gasteiger charge is -2.43. The van der Waals surface area contributed by atoms with E-state index in [9.17, 15) is 4.79 Å². The van der Waals surface area contributed by atoms with Crippen LogP contribution in [0.15, 0.2) is 42.5 Å². The summed E-state index contributed by atoms with van der Waals surface area (Å²) in [5.74, 6) is 0.982. The van der Waals surface area contributed by atoms with Gasteiger partial charge in [-0.3, -0.25) is 9.69 Å². The van der Waals surface area contributed by atoms with E-state index in [4.69, 9.17) is 9.47 Å². The van der Waals surface area contributed by atoms with E-state index in [1.54, 1.807) is 7.11 Å². The molecule has 0 bridgehead atoms. The lowest BCUT2D eigenvalue weighted by molar-refractivity contribution is -0.0856. The zero-order valence-corrected chi connectivity index (χ0v) is 19.1. The van der Waals surface area contributed by atoms with Gasteiger partial charge in [0.15, 0.2) is 0 Å². The Morgan fingerprint density at radius 3 is 2.26 bits per heavy atom. The van der Waals surface area contributed by atoms with Gasteiger partial charge in [0.05, 0.1) is 19.3 Å². The third-order valence-electron chi connectivity index (χ3n) is 6.68. The number of nitrogens with zero attached hydrogens (tertiary/aromatic N) is 2. The average molecular weight is 423 g/mol. The number of likely N-dealkylation sites (tertiary alicyclic amines) is 1. The largest absolute Gasteiger partial charge is 0.497 e. The summed E-state index contributed by atoms with van der Waals surface area (Å²) in [6.45, 7) is 9.97. The fraction of sp³-hybridized carbons (Fsp3) is 0.500. The number of hydrogen-bond donors (Lipinski definition) is 0. The molecule has 5 nitrogen and oxygen atoms in total. The molecule has 0 spiro atoms. The van der Waals surface area contributed by atoms with E-state index >= 15 is 0 Å². The Hall–Kier alpha value is -2.37. The number of rotatable bonds is 4. The third kappa shape index (κ3) is 4.78. The van der Waals surface area contributed by atoms with Gasteiger partial charge in [0, 0.05) is 37.8 Å². The third-order valence-corrected chi connectivity index (χ3v) is 6.68. The molecule has 2 aliphatic rings.